The van der Waals surface area contributed by atoms with E-state index in [-0.39, 0.29) is 0 Å². The predicted octanol–water partition coefficient (Wildman–Crippen LogP) is 3.06. The molecule has 0 N–H and O–H groups in total. The minimum absolute atomic E-state index is 0.337. The van der Waals surface area contributed by atoms with Crippen molar-refractivity contribution in [3.63, 3.8) is 0 Å². The molecule has 2 aromatic carbocycles. The highest BCUT2D eigenvalue weighted by Crippen LogP contribution is 2.12. The summed E-state index contributed by atoms with van der Waals surface area (Å²) in [6.07, 6.45) is -0.770. The van der Waals surface area contributed by atoms with E-state index < -0.39 is 6.16 Å². The zero-order chi connectivity index (χ0) is 11.2. The molecule has 79 valence electrons. The molecule has 0 bridgehead atoms. The molecule has 0 unspecified atom stereocenters. The Labute approximate surface area is 93.2 Å². The summed E-state index contributed by atoms with van der Waals surface area (Å²) in [4.78, 5) is 11.3. The van der Waals surface area contributed by atoms with Crippen LogP contribution in [0.15, 0.2) is 54.6 Å². The topological polar surface area (TPSA) is 35.5 Å². The zero-order valence-electron chi connectivity index (χ0n) is 8.42. The van der Waals surface area contributed by atoms with Gasteiger partial charge in [-0.25, -0.2) is 4.79 Å². The maximum atomic E-state index is 11.3. The standard InChI is InChI=1S/C13H9O3/c14-13(15-11-7-3-1-4-8-11)16-12-9-5-2-6-10-12/h1-9H. The summed E-state index contributed by atoms with van der Waals surface area (Å²) in [5.41, 5.74) is 0. The number of carbonyl (C=O) groups excluding carboxylic acids is 1. The molecule has 3 nitrogen and oxygen atoms in total. The van der Waals surface area contributed by atoms with E-state index in [0.717, 1.165) is 0 Å². The molecule has 0 aliphatic rings. The summed E-state index contributed by atoms with van der Waals surface area (Å²) in [5.74, 6) is 0.784. The summed E-state index contributed by atoms with van der Waals surface area (Å²) in [6, 6.07) is 18.3. The maximum absolute atomic E-state index is 11.3. The predicted molar refractivity (Wildman–Crippen MR) is 58.4 cm³/mol. The van der Waals surface area contributed by atoms with Gasteiger partial charge in [0, 0.05) is 6.07 Å². The molecular formula is C13H9O3. The molecule has 0 saturated heterocycles. The van der Waals surface area contributed by atoms with Gasteiger partial charge in [0.1, 0.15) is 11.5 Å². The Morgan fingerprint density at radius 2 is 1.69 bits per heavy atom. The van der Waals surface area contributed by atoms with Crippen LogP contribution in [0, 0.1) is 6.07 Å². The van der Waals surface area contributed by atoms with E-state index in [0.29, 0.717) is 11.5 Å². The van der Waals surface area contributed by atoms with Gasteiger partial charge in [0.15, 0.2) is 0 Å². The lowest BCUT2D eigenvalue weighted by atomic mass is 10.3. The number of ether oxygens (including phenoxy) is 2. The number of benzene rings is 2. The van der Waals surface area contributed by atoms with Gasteiger partial charge in [0.05, 0.1) is 0 Å². The first-order valence-corrected chi connectivity index (χ1v) is 4.76. The Morgan fingerprint density at radius 3 is 2.38 bits per heavy atom. The van der Waals surface area contributed by atoms with E-state index in [1.807, 2.05) is 6.07 Å². The number of hydrogen-bond acceptors (Lipinski definition) is 3. The fourth-order valence-corrected chi connectivity index (χ4v) is 1.14. The average molecular weight is 213 g/mol. The maximum Gasteiger partial charge on any atom is 0.519 e. The van der Waals surface area contributed by atoms with Crippen molar-refractivity contribution in [2.45, 2.75) is 0 Å². The molecular weight excluding hydrogens is 204 g/mol. The second-order valence-corrected chi connectivity index (χ2v) is 2.99. The Balaban J connectivity index is 1.95. The number of para-hydroxylation sites is 2. The third-order valence-electron chi connectivity index (χ3n) is 1.82. The van der Waals surface area contributed by atoms with Gasteiger partial charge in [0.25, 0.3) is 0 Å². The molecule has 0 fully saturated rings. The van der Waals surface area contributed by atoms with Gasteiger partial charge >= 0.3 is 6.16 Å². The number of hydrogen-bond donors (Lipinski definition) is 0. The largest absolute Gasteiger partial charge is 0.519 e. The highest BCUT2D eigenvalue weighted by atomic mass is 16.7. The van der Waals surface area contributed by atoms with Crippen LogP contribution in [0.2, 0.25) is 0 Å². The SMILES string of the molecule is O=C(Oc1[c]cccc1)Oc1ccccc1. The van der Waals surface area contributed by atoms with Crippen LogP contribution in [0.1, 0.15) is 0 Å². The fraction of sp³-hybridized carbons (Fsp3) is 0. The van der Waals surface area contributed by atoms with E-state index >= 15 is 0 Å². The number of carbonyl (C=O) groups is 1. The van der Waals surface area contributed by atoms with Crippen molar-refractivity contribution in [3.05, 3.63) is 60.7 Å². The quantitative estimate of drug-likeness (QED) is 0.568. The first-order chi connectivity index (χ1) is 7.84. The summed E-state index contributed by atoms with van der Waals surface area (Å²) in [6.45, 7) is 0. The summed E-state index contributed by atoms with van der Waals surface area (Å²) in [7, 11) is 0. The highest BCUT2D eigenvalue weighted by molar-refractivity contribution is 5.66. The smallest absolute Gasteiger partial charge is 0.395 e. The van der Waals surface area contributed by atoms with Gasteiger partial charge in [-0.15, -0.1) is 0 Å². The molecule has 1 radical (unpaired) electrons. The second-order valence-electron chi connectivity index (χ2n) is 2.99. The van der Waals surface area contributed by atoms with Crippen molar-refractivity contribution in [2.24, 2.45) is 0 Å². The van der Waals surface area contributed by atoms with E-state index in [1.165, 1.54) is 0 Å². The zero-order valence-corrected chi connectivity index (χ0v) is 8.42. The van der Waals surface area contributed by atoms with Gasteiger partial charge in [-0.05, 0) is 18.2 Å². The molecule has 0 spiro atoms. The van der Waals surface area contributed by atoms with E-state index in [1.54, 1.807) is 48.5 Å². The van der Waals surface area contributed by atoms with E-state index in [2.05, 4.69) is 6.07 Å². The van der Waals surface area contributed by atoms with Crippen LogP contribution >= 0.6 is 0 Å². The summed E-state index contributed by atoms with van der Waals surface area (Å²) in [5, 5.41) is 0. The Hall–Kier alpha value is -2.29. The lowest BCUT2D eigenvalue weighted by molar-refractivity contribution is 0.152. The molecule has 2 rings (SSSR count). The van der Waals surface area contributed by atoms with Crippen LogP contribution in [0.4, 0.5) is 4.79 Å². The average Bonchev–Trinajstić information content (AvgIpc) is 2.31. The van der Waals surface area contributed by atoms with Crippen LogP contribution in [0.3, 0.4) is 0 Å². The van der Waals surface area contributed by atoms with Crippen LogP contribution in [-0.2, 0) is 0 Å². The Bertz CT molecular complexity index is 408. The summed E-state index contributed by atoms with van der Waals surface area (Å²) < 4.78 is 9.84. The third kappa shape index (κ3) is 2.85. The minimum Gasteiger partial charge on any atom is -0.395 e. The van der Waals surface area contributed by atoms with Crippen molar-refractivity contribution in [1.29, 1.82) is 0 Å². The summed E-state index contributed by atoms with van der Waals surface area (Å²) >= 11 is 0. The molecule has 3 heteroatoms. The molecule has 0 heterocycles. The molecule has 0 aromatic heterocycles. The Morgan fingerprint density at radius 1 is 0.938 bits per heavy atom. The minimum atomic E-state index is -0.770. The van der Waals surface area contributed by atoms with Crippen LogP contribution in [-0.4, -0.2) is 6.16 Å². The molecule has 16 heavy (non-hydrogen) atoms. The van der Waals surface area contributed by atoms with Gasteiger partial charge < -0.3 is 9.47 Å². The molecule has 0 aliphatic heterocycles. The van der Waals surface area contributed by atoms with E-state index in [4.69, 9.17) is 9.47 Å². The third-order valence-corrected chi connectivity index (χ3v) is 1.82. The van der Waals surface area contributed by atoms with Gasteiger partial charge in [-0.3, -0.25) is 0 Å². The lowest BCUT2D eigenvalue weighted by Gasteiger charge is -2.04. The molecule has 2 aromatic rings. The molecule has 0 saturated carbocycles. The van der Waals surface area contributed by atoms with Crippen LogP contribution < -0.4 is 9.47 Å². The van der Waals surface area contributed by atoms with Crippen molar-refractivity contribution >= 4 is 6.16 Å². The first kappa shape index (κ1) is 10.2. The lowest BCUT2D eigenvalue weighted by Crippen LogP contribution is -2.13. The molecule has 0 aliphatic carbocycles. The van der Waals surface area contributed by atoms with Gasteiger partial charge in [0.2, 0.25) is 0 Å². The van der Waals surface area contributed by atoms with Crippen molar-refractivity contribution in [3.8, 4) is 11.5 Å². The van der Waals surface area contributed by atoms with Crippen LogP contribution in [0.25, 0.3) is 0 Å². The molecule has 0 atom stereocenters. The monoisotopic (exact) mass is 213 g/mol. The Kier molecular flexibility index (Phi) is 3.18. The normalized spacial score (nSPS) is 9.50. The van der Waals surface area contributed by atoms with Crippen molar-refractivity contribution in [2.75, 3.05) is 0 Å². The fourth-order valence-electron chi connectivity index (χ4n) is 1.14. The van der Waals surface area contributed by atoms with Gasteiger partial charge in [-0.2, -0.15) is 0 Å². The van der Waals surface area contributed by atoms with Crippen molar-refractivity contribution < 1.29 is 14.3 Å². The first-order valence-electron chi connectivity index (χ1n) is 4.76. The van der Waals surface area contributed by atoms with Crippen LogP contribution in [0.5, 0.6) is 11.5 Å². The van der Waals surface area contributed by atoms with Gasteiger partial charge in [-0.1, -0.05) is 36.4 Å². The van der Waals surface area contributed by atoms with E-state index in [9.17, 15) is 4.79 Å². The molecule has 0 amide bonds. The second kappa shape index (κ2) is 4.98. The number of rotatable bonds is 2. The van der Waals surface area contributed by atoms with Crippen molar-refractivity contribution in [1.82, 2.24) is 0 Å². The highest BCUT2D eigenvalue weighted by Gasteiger charge is 2.06.